The summed E-state index contributed by atoms with van der Waals surface area (Å²) in [5.41, 5.74) is 10.5. The third kappa shape index (κ3) is 6.12. The van der Waals surface area contributed by atoms with Gasteiger partial charge in [0.15, 0.2) is 11.7 Å². The fourth-order valence-electron chi connectivity index (χ4n) is 3.10. The van der Waals surface area contributed by atoms with Crippen LogP contribution in [0, 0.1) is 11.6 Å². The average Bonchev–Trinajstić information content (AvgIpc) is 2.72. The van der Waals surface area contributed by atoms with Crippen LogP contribution in [-0.4, -0.2) is 70.1 Å². The molecule has 13 heteroatoms. The van der Waals surface area contributed by atoms with E-state index < -0.39 is 78.7 Å². The van der Waals surface area contributed by atoms with Crippen molar-refractivity contribution < 1.29 is 38.4 Å². The Morgan fingerprint density at radius 2 is 1.88 bits per heavy atom. The van der Waals surface area contributed by atoms with Gasteiger partial charge in [0.25, 0.3) is 5.91 Å². The van der Waals surface area contributed by atoms with E-state index in [9.17, 15) is 28.6 Å². The van der Waals surface area contributed by atoms with Crippen LogP contribution in [0.3, 0.4) is 0 Å². The number of nitrogens with one attached hydrogen (secondary N) is 2. The van der Waals surface area contributed by atoms with Gasteiger partial charge in [0.1, 0.15) is 29.9 Å². The van der Waals surface area contributed by atoms with Gasteiger partial charge < -0.3 is 42.2 Å². The molecule has 9 N–H and O–H groups in total. The Morgan fingerprint density at radius 1 is 1.25 bits per heavy atom. The van der Waals surface area contributed by atoms with Crippen molar-refractivity contribution in [3.05, 3.63) is 47.2 Å². The van der Waals surface area contributed by atoms with Gasteiger partial charge in [-0.1, -0.05) is 6.07 Å². The van der Waals surface area contributed by atoms with Gasteiger partial charge in [-0.25, -0.2) is 13.8 Å². The standard InChI is InChI=1S/C19H25F2N5O6/c1-8(28)25-15-12(26-19(22)23)5-14(32-17(15)16(30)13(29)7-27)18(31)24-6-9-10(20)3-2-4-11(9)21/h2-5,12-13,15-17,27,29-30H,6-7H2,1H3,(H,24,31)(H,25,28)(H4,22,23,26)/t12-,13+,15+,16+,17+/m0/s1. The van der Waals surface area contributed by atoms with Crippen molar-refractivity contribution in [2.45, 2.75) is 43.9 Å². The van der Waals surface area contributed by atoms with Gasteiger partial charge in [-0.05, 0) is 18.2 Å². The summed E-state index contributed by atoms with van der Waals surface area (Å²) in [5, 5.41) is 34.2. The highest BCUT2D eigenvalue weighted by molar-refractivity contribution is 5.92. The summed E-state index contributed by atoms with van der Waals surface area (Å²) in [5.74, 6) is -4.07. The number of aliphatic hydroxyl groups excluding tert-OH is 3. The molecule has 0 aliphatic carbocycles. The second-order valence-corrected chi connectivity index (χ2v) is 7.01. The lowest BCUT2D eigenvalue weighted by molar-refractivity contribution is -0.134. The number of nitrogens with two attached hydrogens (primary N) is 2. The highest BCUT2D eigenvalue weighted by atomic mass is 19.1. The molecule has 5 atom stereocenters. The molecule has 176 valence electrons. The van der Waals surface area contributed by atoms with Gasteiger partial charge in [-0.3, -0.25) is 9.59 Å². The first kappa shape index (κ1) is 25.0. The quantitative estimate of drug-likeness (QED) is 0.168. The van der Waals surface area contributed by atoms with Gasteiger partial charge in [0.05, 0.1) is 18.7 Å². The largest absolute Gasteiger partial charge is 0.480 e. The molecule has 0 spiro atoms. The van der Waals surface area contributed by atoms with Crippen molar-refractivity contribution in [2.75, 3.05) is 6.61 Å². The molecule has 0 saturated heterocycles. The maximum absolute atomic E-state index is 13.8. The van der Waals surface area contributed by atoms with E-state index in [1.54, 1.807) is 0 Å². The van der Waals surface area contributed by atoms with Gasteiger partial charge in [0.2, 0.25) is 5.91 Å². The number of aliphatic imine (C=N–C) groups is 1. The van der Waals surface area contributed by atoms with E-state index in [4.69, 9.17) is 21.3 Å². The number of carbonyl (C=O) groups is 2. The maximum Gasteiger partial charge on any atom is 0.286 e. The summed E-state index contributed by atoms with van der Waals surface area (Å²) in [6, 6.07) is 0.969. The first-order chi connectivity index (χ1) is 15.0. The summed E-state index contributed by atoms with van der Waals surface area (Å²) in [4.78, 5) is 28.2. The van der Waals surface area contributed by atoms with Crippen LogP contribution in [0.15, 0.2) is 35.0 Å². The molecule has 1 heterocycles. The number of nitrogens with zero attached hydrogens (tertiary/aromatic N) is 1. The SMILES string of the molecule is CC(=O)N[C@H]1[C@H]([C@H](O)[C@H](O)CO)OC(C(=O)NCc2c(F)cccc2F)=C[C@@H]1N=C(N)N. The Kier molecular flexibility index (Phi) is 8.46. The molecule has 0 bridgehead atoms. The minimum absolute atomic E-state index is 0.388. The molecule has 2 rings (SSSR count). The van der Waals surface area contributed by atoms with Crippen LogP contribution in [-0.2, 0) is 20.9 Å². The smallest absolute Gasteiger partial charge is 0.286 e. The van der Waals surface area contributed by atoms with E-state index in [2.05, 4.69) is 15.6 Å². The average molecular weight is 457 g/mol. The van der Waals surface area contributed by atoms with Crippen molar-refractivity contribution >= 4 is 17.8 Å². The molecule has 0 radical (unpaired) electrons. The molecule has 1 aromatic rings. The van der Waals surface area contributed by atoms with Crippen LogP contribution in [0.4, 0.5) is 8.78 Å². The lowest BCUT2D eigenvalue weighted by Crippen LogP contribution is -2.60. The zero-order chi connectivity index (χ0) is 24.0. The van der Waals surface area contributed by atoms with Crippen molar-refractivity contribution in [3.63, 3.8) is 0 Å². The van der Waals surface area contributed by atoms with E-state index >= 15 is 0 Å². The van der Waals surface area contributed by atoms with Crippen LogP contribution >= 0.6 is 0 Å². The molecule has 1 aliphatic heterocycles. The van der Waals surface area contributed by atoms with Crippen molar-refractivity contribution in [3.8, 4) is 0 Å². The lowest BCUT2D eigenvalue weighted by Gasteiger charge is -2.39. The Morgan fingerprint density at radius 3 is 2.41 bits per heavy atom. The van der Waals surface area contributed by atoms with Gasteiger partial charge in [-0.2, -0.15) is 0 Å². The normalized spacial score (nSPS) is 22.1. The number of amides is 2. The molecule has 32 heavy (non-hydrogen) atoms. The molecular weight excluding hydrogens is 432 g/mol. The number of rotatable bonds is 8. The Balaban J connectivity index is 2.35. The minimum Gasteiger partial charge on any atom is -0.480 e. The first-order valence-corrected chi connectivity index (χ1v) is 9.47. The van der Waals surface area contributed by atoms with E-state index in [1.165, 1.54) is 13.0 Å². The van der Waals surface area contributed by atoms with E-state index in [0.29, 0.717) is 0 Å². The first-order valence-electron chi connectivity index (χ1n) is 9.47. The molecule has 1 aliphatic rings. The molecular formula is C19H25F2N5O6. The van der Waals surface area contributed by atoms with Gasteiger partial charge in [0, 0.05) is 19.0 Å². The number of benzene rings is 1. The zero-order valence-corrected chi connectivity index (χ0v) is 17.0. The van der Waals surface area contributed by atoms with Crippen molar-refractivity contribution in [2.24, 2.45) is 16.5 Å². The summed E-state index contributed by atoms with van der Waals surface area (Å²) < 4.78 is 33.1. The Bertz CT molecular complexity index is 888. The molecule has 2 amide bonds. The predicted molar refractivity (Wildman–Crippen MR) is 107 cm³/mol. The third-order valence-electron chi connectivity index (χ3n) is 4.60. The summed E-state index contributed by atoms with van der Waals surface area (Å²) >= 11 is 0. The van der Waals surface area contributed by atoms with E-state index in [1.807, 2.05) is 0 Å². The van der Waals surface area contributed by atoms with E-state index in [-0.39, 0.29) is 5.56 Å². The molecule has 1 aromatic carbocycles. The van der Waals surface area contributed by atoms with Crippen LogP contribution in [0.2, 0.25) is 0 Å². The van der Waals surface area contributed by atoms with Gasteiger partial charge >= 0.3 is 0 Å². The summed E-state index contributed by atoms with van der Waals surface area (Å²) in [6.07, 6.45) is -3.78. The summed E-state index contributed by atoms with van der Waals surface area (Å²) in [6.45, 7) is -0.196. The predicted octanol–water partition coefficient (Wildman–Crippen LogP) is -2.28. The highest BCUT2D eigenvalue weighted by Gasteiger charge is 2.43. The number of hydrogen-bond donors (Lipinski definition) is 7. The van der Waals surface area contributed by atoms with Crippen LogP contribution in [0.1, 0.15) is 12.5 Å². The molecule has 0 fully saturated rings. The van der Waals surface area contributed by atoms with Crippen LogP contribution in [0.5, 0.6) is 0 Å². The molecule has 0 aromatic heterocycles. The van der Waals surface area contributed by atoms with Crippen LogP contribution < -0.4 is 22.1 Å². The number of halogens is 2. The number of hydrogen-bond acceptors (Lipinski definition) is 7. The van der Waals surface area contributed by atoms with E-state index in [0.717, 1.165) is 18.2 Å². The van der Waals surface area contributed by atoms with Crippen molar-refractivity contribution in [1.29, 1.82) is 0 Å². The topological polar surface area (TPSA) is 193 Å². The zero-order valence-electron chi connectivity index (χ0n) is 17.0. The fraction of sp³-hybridized carbons (Fsp3) is 0.421. The van der Waals surface area contributed by atoms with Crippen LogP contribution in [0.25, 0.3) is 0 Å². The highest BCUT2D eigenvalue weighted by Crippen LogP contribution is 2.25. The summed E-state index contributed by atoms with van der Waals surface area (Å²) in [7, 11) is 0. The maximum atomic E-state index is 13.8. The molecule has 11 nitrogen and oxygen atoms in total. The molecule has 0 saturated carbocycles. The minimum atomic E-state index is -1.77. The molecule has 0 unspecified atom stereocenters. The Hall–Kier alpha value is -3.29. The second kappa shape index (κ2) is 10.8. The monoisotopic (exact) mass is 457 g/mol. The number of ether oxygens (including phenoxy) is 1. The number of guanidine groups is 1. The fourth-order valence-corrected chi connectivity index (χ4v) is 3.10. The third-order valence-corrected chi connectivity index (χ3v) is 4.60. The van der Waals surface area contributed by atoms with Gasteiger partial charge in [-0.15, -0.1) is 0 Å². The Labute approximate surface area is 181 Å². The second-order valence-electron chi connectivity index (χ2n) is 7.01. The van der Waals surface area contributed by atoms with Crippen molar-refractivity contribution in [1.82, 2.24) is 10.6 Å². The number of aliphatic hydroxyl groups is 3. The number of carbonyl (C=O) groups excluding carboxylic acids is 2. The lowest BCUT2D eigenvalue weighted by atomic mass is 9.92.